The summed E-state index contributed by atoms with van der Waals surface area (Å²) in [6, 6.07) is 4.54. The molecule has 2 rings (SSSR count). The molecule has 1 saturated carbocycles. The van der Waals surface area contributed by atoms with Gasteiger partial charge >= 0.3 is 0 Å². The Morgan fingerprint density at radius 3 is 2.60 bits per heavy atom. The van der Waals surface area contributed by atoms with E-state index in [2.05, 4.69) is 15.9 Å². The van der Waals surface area contributed by atoms with E-state index in [0.29, 0.717) is 10.2 Å². The highest BCUT2D eigenvalue weighted by Gasteiger charge is 2.24. The molecule has 0 heterocycles. The summed E-state index contributed by atoms with van der Waals surface area (Å²) in [6.45, 7) is 0. The van der Waals surface area contributed by atoms with E-state index < -0.39 is 10.0 Å². The van der Waals surface area contributed by atoms with Crippen LogP contribution in [0.25, 0.3) is 0 Å². The van der Waals surface area contributed by atoms with Crippen molar-refractivity contribution < 1.29 is 17.9 Å². The van der Waals surface area contributed by atoms with E-state index in [0.717, 1.165) is 25.7 Å². The van der Waals surface area contributed by atoms with E-state index in [9.17, 15) is 8.42 Å². The van der Waals surface area contributed by atoms with Gasteiger partial charge in [0.25, 0.3) is 0 Å². The van der Waals surface area contributed by atoms with Crippen molar-refractivity contribution in [3.8, 4) is 5.75 Å². The van der Waals surface area contributed by atoms with Gasteiger partial charge in [0.05, 0.1) is 15.5 Å². The summed E-state index contributed by atoms with van der Waals surface area (Å²) in [5.74, 6) is 0.624. The van der Waals surface area contributed by atoms with Crippen molar-refractivity contribution in [2.24, 2.45) is 5.14 Å². The van der Waals surface area contributed by atoms with E-state index in [4.69, 9.17) is 14.6 Å². The third-order valence-electron chi connectivity index (χ3n) is 3.44. The van der Waals surface area contributed by atoms with Gasteiger partial charge in [0.2, 0.25) is 10.0 Å². The van der Waals surface area contributed by atoms with Gasteiger partial charge in [-0.25, -0.2) is 13.6 Å². The maximum absolute atomic E-state index is 11.3. The van der Waals surface area contributed by atoms with E-state index in [-0.39, 0.29) is 17.1 Å². The van der Waals surface area contributed by atoms with Crippen molar-refractivity contribution in [2.45, 2.75) is 42.8 Å². The van der Waals surface area contributed by atoms with Crippen molar-refractivity contribution in [1.29, 1.82) is 0 Å². The topological polar surface area (TPSA) is 78.6 Å². The molecular formula is C13H18BrNO4S. The zero-order valence-electron chi connectivity index (χ0n) is 11.2. The maximum atomic E-state index is 11.3. The number of halogens is 1. The lowest BCUT2D eigenvalue weighted by molar-refractivity contribution is 0.0207. The number of ether oxygens (including phenoxy) is 2. The predicted octanol–water partition coefficient (Wildman–Crippen LogP) is 2.43. The highest BCUT2D eigenvalue weighted by Crippen LogP contribution is 2.31. The smallest absolute Gasteiger partial charge is 0.238 e. The monoisotopic (exact) mass is 363 g/mol. The van der Waals surface area contributed by atoms with Gasteiger partial charge in [-0.3, -0.25) is 0 Å². The fraction of sp³-hybridized carbons (Fsp3) is 0.538. The van der Waals surface area contributed by atoms with Gasteiger partial charge in [-0.2, -0.15) is 0 Å². The molecule has 0 radical (unpaired) electrons. The molecule has 2 unspecified atom stereocenters. The normalized spacial score (nSPS) is 23.6. The molecule has 7 heteroatoms. The summed E-state index contributed by atoms with van der Waals surface area (Å²) in [4.78, 5) is 0.0649. The van der Waals surface area contributed by atoms with Crippen molar-refractivity contribution in [3.63, 3.8) is 0 Å². The molecule has 0 saturated heterocycles. The predicted molar refractivity (Wildman–Crippen MR) is 79.2 cm³/mol. The molecule has 0 aliphatic heterocycles. The van der Waals surface area contributed by atoms with Gasteiger partial charge < -0.3 is 9.47 Å². The summed E-state index contributed by atoms with van der Waals surface area (Å²) in [6.07, 6.45) is 4.27. The molecule has 112 valence electrons. The average molecular weight is 364 g/mol. The van der Waals surface area contributed by atoms with E-state index in [1.807, 2.05) is 0 Å². The molecule has 1 fully saturated rings. The van der Waals surface area contributed by atoms with E-state index >= 15 is 0 Å². The molecule has 1 aliphatic carbocycles. The van der Waals surface area contributed by atoms with Crippen molar-refractivity contribution in [3.05, 3.63) is 22.7 Å². The fourth-order valence-electron chi connectivity index (χ4n) is 2.36. The molecule has 2 N–H and O–H groups in total. The minimum Gasteiger partial charge on any atom is -0.489 e. The molecular weight excluding hydrogens is 346 g/mol. The second-order valence-electron chi connectivity index (χ2n) is 4.90. The zero-order valence-corrected chi connectivity index (χ0v) is 13.6. The second kappa shape index (κ2) is 6.43. The molecule has 5 nitrogen and oxygen atoms in total. The van der Waals surface area contributed by atoms with Crippen molar-refractivity contribution in [2.75, 3.05) is 7.11 Å². The van der Waals surface area contributed by atoms with Crippen LogP contribution in [-0.2, 0) is 14.8 Å². The fourth-order valence-corrected chi connectivity index (χ4v) is 3.52. The van der Waals surface area contributed by atoms with Gasteiger partial charge in [-0.1, -0.05) is 0 Å². The van der Waals surface area contributed by atoms with Crippen LogP contribution in [0.15, 0.2) is 27.6 Å². The molecule has 1 aromatic rings. The number of sulfonamides is 1. The molecule has 2 atom stereocenters. The Labute approximate surface area is 127 Å². The van der Waals surface area contributed by atoms with Gasteiger partial charge in [0.15, 0.2) is 0 Å². The molecule has 1 aromatic carbocycles. The summed E-state index contributed by atoms with van der Waals surface area (Å²) in [5, 5.41) is 5.09. The molecule has 0 aromatic heterocycles. The lowest BCUT2D eigenvalue weighted by Gasteiger charge is -2.29. The molecule has 20 heavy (non-hydrogen) atoms. The summed E-state index contributed by atoms with van der Waals surface area (Å²) >= 11 is 3.32. The Morgan fingerprint density at radius 2 is 2.00 bits per heavy atom. The Morgan fingerprint density at radius 1 is 1.30 bits per heavy atom. The Hall–Kier alpha value is -0.630. The summed E-state index contributed by atoms with van der Waals surface area (Å²) in [5.41, 5.74) is 0. The van der Waals surface area contributed by atoms with Crippen LogP contribution in [0, 0.1) is 0 Å². The highest BCUT2D eigenvalue weighted by molar-refractivity contribution is 9.10. The maximum Gasteiger partial charge on any atom is 0.238 e. The number of methoxy groups -OCH3 is 1. The summed E-state index contributed by atoms with van der Waals surface area (Å²) < 4.78 is 34.4. The first-order valence-corrected chi connectivity index (χ1v) is 8.76. The molecule has 0 spiro atoms. The van der Waals surface area contributed by atoms with Crippen LogP contribution in [-0.4, -0.2) is 27.7 Å². The van der Waals surface area contributed by atoms with Crippen molar-refractivity contribution in [1.82, 2.24) is 0 Å². The number of hydrogen-bond acceptors (Lipinski definition) is 4. The summed E-state index contributed by atoms with van der Waals surface area (Å²) in [7, 11) is -1.98. The van der Waals surface area contributed by atoms with Crippen LogP contribution in [0.1, 0.15) is 25.7 Å². The minimum absolute atomic E-state index is 0.0649. The average Bonchev–Trinajstić information content (AvgIpc) is 2.40. The number of benzene rings is 1. The lowest BCUT2D eigenvalue weighted by Crippen LogP contribution is -2.29. The SMILES string of the molecule is COC1CCCC(Oc2ccc(S(N)(=O)=O)cc2Br)C1. The number of primary sulfonamides is 1. The van der Waals surface area contributed by atoms with Crippen LogP contribution in [0.5, 0.6) is 5.75 Å². The number of hydrogen-bond donors (Lipinski definition) is 1. The van der Waals surface area contributed by atoms with Crippen LogP contribution >= 0.6 is 15.9 Å². The Balaban J connectivity index is 2.10. The third-order valence-corrected chi connectivity index (χ3v) is 4.97. The van der Waals surface area contributed by atoms with Gasteiger partial charge in [-0.15, -0.1) is 0 Å². The van der Waals surface area contributed by atoms with Crippen LogP contribution in [0.2, 0.25) is 0 Å². The highest BCUT2D eigenvalue weighted by atomic mass is 79.9. The first-order chi connectivity index (χ1) is 9.40. The lowest BCUT2D eigenvalue weighted by atomic mass is 9.95. The van der Waals surface area contributed by atoms with Gasteiger partial charge in [0.1, 0.15) is 11.9 Å². The first kappa shape index (κ1) is 15.8. The van der Waals surface area contributed by atoms with Crippen LogP contribution in [0.3, 0.4) is 0 Å². The van der Waals surface area contributed by atoms with E-state index in [1.165, 1.54) is 12.1 Å². The van der Waals surface area contributed by atoms with Gasteiger partial charge in [0, 0.05) is 13.5 Å². The van der Waals surface area contributed by atoms with Crippen LogP contribution < -0.4 is 9.88 Å². The first-order valence-electron chi connectivity index (χ1n) is 6.42. The minimum atomic E-state index is -3.69. The Kier molecular flexibility index (Phi) is 5.06. The second-order valence-corrected chi connectivity index (χ2v) is 7.32. The van der Waals surface area contributed by atoms with Crippen molar-refractivity contribution >= 4 is 26.0 Å². The third kappa shape index (κ3) is 3.94. The zero-order chi connectivity index (χ0) is 14.8. The molecule has 1 aliphatic rings. The standard InChI is InChI=1S/C13H18BrNO4S/c1-18-9-3-2-4-10(7-9)19-13-6-5-11(8-12(13)14)20(15,16)17/h5-6,8-10H,2-4,7H2,1H3,(H2,15,16,17). The van der Waals surface area contributed by atoms with Crippen LogP contribution in [0.4, 0.5) is 0 Å². The molecule has 0 amide bonds. The number of rotatable bonds is 4. The van der Waals surface area contributed by atoms with E-state index in [1.54, 1.807) is 13.2 Å². The quantitative estimate of drug-likeness (QED) is 0.890. The Bertz CT molecular complexity index is 576. The molecule has 0 bridgehead atoms. The largest absolute Gasteiger partial charge is 0.489 e. The van der Waals surface area contributed by atoms with Gasteiger partial charge in [-0.05, 0) is 53.4 Å². The number of nitrogens with two attached hydrogens (primary N) is 1.